The average Bonchev–Trinajstić information content (AvgIpc) is 3.17. The predicted molar refractivity (Wildman–Crippen MR) is 108 cm³/mol. The number of carbonyl (C=O) groups excluding carboxylic acids is 1. The number of carbonyl (C=O) groups is 1. The Hall–Kier alpha value is -2.92. The van der Waals surface area contributed by atoms with Crippen molar-refractivity contribution in [3.63, 3.8) is 0 Å². The maximum atomic E-state index is 12.5. The molecule has 5 nitrogen and oxygen atoms in total. The summed E-state index contributed by atoms with van der Waals surface area (Å²) in [4.78, 5) is 14.3. The number of nitrogens with zero attached hydrogens (tertiary/aromatic N) is 2. The molecule has 1 aliphatic heterocycles. The van der Waals surface area contributed by atoms with Crippen molar-refractivity contribution in [1.82, 2.24) is 15.1 Å². The topological polar surface area (TPSA) is 69.2 Å². The first-order valence-corrected chi connectivity index (χ1v) is 9.81. The Morgan fingerprint density at radius 2 is 1.71 bits per heavy atom. The summed E-state index contributed by atoms with van der Waals surface area (Å²) < 4.78 is 0. The lowest BCUT2D eigenvalue weighted by molar-refractivity contribution is -0.141. The maximum absolute atomic E-state index is 12.5. The minimum atomic E-state index is -0.934. The molecule has 2 heterocycles. The summed E-state index contributed by atoms with van der Waals surface area (Å²) in [5.74, 6) is -0.204. The SMILES string of the molecule is CC[C@@H](O)C(=O)N1CCc2[nH]nc(C(c3ccccc3)c3ccccc3)c2C1. The van der Waals surface area contributed by atoms with Gasteiger partial charge in [-0.05, 0) is 17.5 Å². The van der Waals surface area contributed by atoms with Gasteiger partial charge in [0.2, 0.25) is 0 Å². The molecular weight excluding hydrogens is 350 g/mol. The fraction of sp³-hybridized carbons (Fsp3) is 0.304. The number of H-pyrrole nitrogens is 1. The van der Waals surface area contributed by atoms with Gasteiger partial charge in [-0.15, -0.1) is 0 Å². The molecule has 0 saturated heterocycles. The second-order valence-corrected chi connectivity index (χ2v) is 7.25. The van der Waals surface area contributed by atoms with Crippen LogP contribution in [0.15, 0.2) is 60.7 Å². The molecule has 1 atom stereocenters. The number of rotatable bonds is 5. The molecule has 0 spiro atoms. The summed E-state index contributed by atoms with van der Waals surface area (Å²) in [5.41, 5.74) is 5.44. The number of aromatic nitrogens is 2. The number of nitrogens with one attached hydrogen (secondary N) is 1. The van der Waals surface area contributed by atoms with Gasteiger partial charge in [0, 0.05) is 30.8 Å². The van der Waals surface area contributed by atoms with E-state index in [1.54, 1.807) is 4.90 Å². The number of amides is 1. The zero-order chi connectivity index (χ0) is 19.5. The van der Waals surface area contributed by atoms with Crippen LogP contribution < -0.4 is 0 Å². The van der Waals surface area contributed by atoms with Gasteiger partial charge < -0.3 is 10.0 Å². The number of hydrogen-bond acceptors (Lipinski definition) is 3. The number of benzene rings is 2. The van der Waals surface area contributed by atoms with Crippen LogP contribution in [-0.2, 0) is 17.8 Å². The van der Waals surface area contributed by atoms with Gasteiger partial charge in [0.25, 0.3) is 5.91 Å². The van der Waals surface area contributed by atoms with E-state index < -0.39 is 6.10 Å². The van der Waals surface area contributed by atoms with Crippen LogP contribution >= 0.6 is 0 Å². The molecule has 5 heteroatoms. The van der Waals surface area contributed by atoms with E-state index in [-0.39, 0.29) is 11.8 Å². The summed E-state index contributed by atoms with van der Waals surface area (Å²) in [6, 6.07) is 20.6. The van der Waals surface area contributed by atoms with Crippen LogP contribution in [0.3, 0.4) is 0 Å². The summed E-state index contributed by atoms with van der Waals surface area (Å²) in [7, 11) is 0. The minimum absolute atomic E-state index is 0.00597. The number of aliphatic hydroxyl groups is 1. The van der Waals surface area contributed by atoms with Gasteiger partial charge in [-0.1, -0.05) is 67.6 Å². The van der Waals surface area contributed by atoms with Crippen molar-refractivity contribution < 1.29 is 9.90 Å². The van der Waals surface area contributed by atoms with E-state index in [0.29, 0.717) is 19.5 Å². The van der Waals surface area contributed by atoms with E-state index in [1.165, 1.54) is 11.1 Å². The largest absolute Gasteiger partial charge is 0.383 e. The number of aliphatic hydroxyl groups excluding tert-OH is 1. The minimum Gasteiger partial charge on any atom is -0.383 e. The van der Waals surface area contributed by atoms with Crippen LogP contribution in [0.25, 0.3) is 0 Å². The van der Waals surface area contributed by atoms with E-state index in [0.717, 1.165) is 23.4 Å². The molecule has 3 aromatic rings. The van der Waals surface area contributed by atoms with Gasteiger partial charge in [-0.2, -0.15) is 5.10 Å². The molecule has 4 rings (SSSR count). The second-order valence-electron chi connectivity index (χ2n) is 7.25. The Balaban J connectivity index is 1.74. The molecule has 1 aromatic heterocycles. The van der Waals surface area contributed by atoms with Gasteiger partial charge in [0.05, 0.1) is 11.6 Å². The predicted octanol–water partition coefficient (Wildman–Crippen LogP) is 3.25. The van der Waals surface area contributed by atoms with Crippen LogP contribution in [0.4, 0.5) is 0 Å². The first kappa shape index (κ1) is 18.4. The van der Waals surface area contributed by atoms with E-state index in [2.05, 4.69) is 34.5 Å². The van der Waals surface area contributed by atoms with Crippen molar-refractivity contribution in [3.05, 3.63) is 88.7 Å². The van der Waals surface area contributed by atoms with Crippen LogP contribution in [0, 0.1) is 0 Å². The molecule has 0 bridgehead atoms. The lowest BCUT2D eigenvalue weighted by Gasteiger charge is -2.29. The highest BCUT2D eigenvalue weighted by atomic mass is 16.3. The molecule has 0 aliphatic carbocycles. The molecular formula is C23H25N3O2. The molecule has 0 fully saturated rings. The zero-order valence-corrected chi connectivity index (χ0v) is 16.0. The van der Waals surface area contributed by atoms with Crippen LogP contribution in [0.2, 0.25) is 0 Å². The average molecular weight is 375 g/mol. The van der Waals surface area contributed by atoms with Gasteiger partial charge in [-0.3, -0.25) is 9.89 Å². The van der Waals surface area contributed by atoms with Crippen LogP contribution in [0.5, 0.6) is 0 Å². The first-order chi connectivity index (χ1) is 13.7. The Morgan fingerprint density at radius 3 is 2.29 bits per heavy atom. The van der Waals surface area contributed by atoms with Crippen LogP contribution in [0.1, 0.15) is 47.3 Å². The van der Waals surface area contributed by atoms with Crippen molar-refractivity contribution in [3.8, 4) is 0 Å². The number of fused-ring (bicyclic) bond motifs is 1. The molecule has 28 heavy (non-hydrogen) atoms. The summed E-state index contributed by atoms with van der Waals surface area (Å²) >= 11 is 0. The molecule has 2 aromatic carbocycles. The summed E-state index contributed by atoms with van der Waals surface area (Å²) in [6.45, 7) is 2.90. The molecule has 144 valence electrons. The van der Waals surface area contributed by atoms with Crippen molar-refractivity contribution in [1.29, 1.82) is 0 Å². The van der Waals surface area contributed by atoms with Crippen LogP contribution in [-0.4, -0.2) is 38.8 Å². The Kier molecular flexibility index (Phi) is 5.26. The highest BCUT2D eigenvalue weighted by Crippen LogP contribution is 2.35. The Morgan fingerprint density at radius 1 is 1.11 bits per heavy atom. The van der Waals surface area contributed by atoms with Crippen molar-refractivity contribution in [2.45, 2.75) is 38.3 Å². The quantitative estimate of drug-likeness (QED) is 0.719. The molecule has 0 saturated carbocycles. The third kappa shape index (κ3) is 3.45. The first-order valence-electron chi connectivity index (χ1n) is 9.81. The second kappa shape index (κ2) is 7.98. The zero-order valence-electron chi connectivity index (χ0n) is 16.0. The molecule has 1 amide bonds. The summed E-state index contributed by atoms with van der Waals surface area (Å²) in [5, 5.41) is 17.9. The lowest BCUT2D eigenvalue weighted by atomic mass is 9.85. The molecule has 0 radical (unpaired) electrons. The van der Waals surface area contributed by atoms with E-state index in [4.69, 9.17) is 0 Å². The van der Waals surface area contributed by atoms with E-state index in [9.17, 15) is 9.90 Å². The van der Waals surface area contributed by atoms with Gasteiger partial charge in [0.1, 0.15) is 6.10 Å². The van der Waals surface area contributed by atoms with Crippen molar-refractivity contribution in [2.24, 2.45) is 0 Å². The van der Waals surface area contributed by atoms with Gasteiger partial charge in [-0.25, -0.2) is 0 Å². The number of hydrogen-bond donors (Lipinski definition) is 2. The fourth-order valence-corrected chi connectivity index (χ4v) is 3.93. The van der Waals surface area contributed by atoms with Crippen molar-refractivity contribution >= 4 is 5.91 Å². The lowest BCUT2D eigenvalue weighted by Crippen LogP contribution is -2.42. The number of aromatic amines is 1. The van der Waals surface area contributed by atoms with Gasteiger partial charge in [0.15, 0.2) is 0 Å². The molecule has 1 aliphatic rings. The Labute approximate surface area is 165 Å². The summed E-state index contributed by atoms with van der Waals surface area (Å²) in [6.07, 6.45) is 0.216. The molecule has 0 unspecified atom stereocenters. The van der Waals surface area contributed by atoms with E-state index in [1.807, 2.05) is 43.3 Å². The highest BCUT2D eigenvalue weighted by Gasteiger charge is 2.31. The standard InChI is InChI=1S/C23H25N3O2/c1-2-20(27)23(28)26-14-13-19-18(15-26)22(25-24-19)21(16-9-5-3-6-10-16)17-11-7-4-8-12-17/h3-12,20-21,27H,2,13-15H2,1H3,(H,24,25)/t20-/m1/s1. The van der Waals surface area contributed by atoms with E-state index >= 15 is 0 Å². The normalized spacial score (nSPS) is 14.8. The molecule has 2 N–H and O–H groups in total. The van der Waals surface area contributed by atoms with Gasteiger partial charge >= 0.3 is 0 Å². The highest BCUT2D eigenvalue weighted by molar-refractivity contribution is 5.80. The fourth-order valence-electron chi connectivity index (χ4n) is 3.93. The third-order valence-electron chi connectivity index (χ3n) is 5.49. The maximum Gasteiger partial charge on any atom is 0.251 e. The van der Waals surface area contributed by atoms with Crippen molar-refractivity contribution in [2.75, 3.05) is 6.54 Å². The third-order valence-corrected chi connectivity index (χ3v) is 5.49. The smallest absolute Gasteiger partial charge is 0.251 e. The Bertz CT molecular complexity index is 897. The monoisotopic (exact) mass is 375 g/mol.